The van der Waals surface area contributed by atoms with Crippen molar-refractivity contribution >= 4 is 5.91 Å². The Morgan fingerprint density at radius 3 is 2.45 bits per heavy atom. The van der Waals surface area contributed by atoms with Gasteiger partial charge in [-0.25, -0.2) is 8.78 Å². The first-order valence-electron chi connectivity index (χ1n) is 6.34. The van der Waals surface area contributed by atoms with Gasteiger partial charge in [0, 0.05) is 0 Å². The van der Waals surface area contributed by atoms with Crippen LogP contribution in [-0.4, -0.2) is 5.91 Å². The maximum atomic E-state index is 13.1. The van der Waals surface area contributed by atoms with E-state index in [2.05, 4.69) is 5.32 Å². The Morgan fingerprint density at radius 2 is 1.80 bits per heavy atom. The van der Waals surface area contributed by atoms with Crippen LogP contribution in [0, 0.1) is 11.6 Å². The maximum absolute atomic E-state index is 13.1. The van der Waals surface area contributed by atoms with Gasteiger partial charge in [-0.1, -0.05) is 36.4 Å². The molecule has 0 aliphatic carbocycles. The molecule has 0 heterocycles. The Balaban J connectivity index is 1.98. The van der Waals surface area contributed by atoms with Crippen molar-refractivity contribution in [1.82, 2.24) is 5.32 Å². The minimum atomic E-state index is -0.911. The van der Waals surface area contributed by atoms with Crippen LogP contribution in [0.15, 0.2) is 48.5 Å². The summed E-state index contributed by atoms with van der Waals surface area (Å²) >= 11 is 0. The second kappa shape index (κ2) is 6.28. The molecule has 2 rings (SSSR count). The van der Waals surface area contributed by atoms with Gasteiger partial charge in [-0.05, 0) is 30.2 Å². The van der Waals surface area contributed by atoms with Gasteiger partial charge >= 0.3 is 0 Å². The van der Waals surface area contributed by atoms with Crippen LogP contribution >= 0.6 is 0 Å². The van der Waals surface area contributed by atoms with Crippen molar-refractivity contribution in [2.24, 2.45) is 0 Å². The van der Waals surface area contributed by atoms with Crippen molar-refractivity contribution in [2.45, 2.75) is 19.4 Å². The smallest absolute Gasteiger partial charge is 0.224 e. The molecule has 1 N–H and O–H groups in total. The zero-order valence-corrected chi connectivity index (χ0v) is 11.1. The van der Waals surface area contributed by atoms with Crippen molar-refractivity contribution in [3.05, 3.63) is 71.3 Å². The van der Waals surface area contributed by atoms with Gasteiger partial charge in [0.25, 0.3) is 0 Å². The van der Waals surface area contributed by atoms with Crippen LogP contribution in [0.4, 0.5) is 8.78 Å². The van der Waals surface area contributed by atoms with E-state index in [1.54, 1.807) is 6.92 Å². The molecular formula is C16H15F2NO. The number of amides is 1. The molecule has 0 radical (unpaired) electrons. The summed E-state index contributed by atoms with van der Waals surface area (Å²) in [5.74, 6) is -1.96. The SMILES string of the molecule is CC(NC(=O)Cc1ccccc1)c1ccc(F)c(F)c1. The van der Waals surface area contributed by atoms with Crippen LogP contribution < -0.4 is 5.32 Å². The highest BCUT2D eigenvalue weighted by molar-refractivity contribution is 5.78. The summed E-state index contributed by atoms with van der Waals surface area (Å²) in [6, 6.07) is 12.6. The average molecular weight is 275 g/mol. The van der Waals surface area contributed by atoms with E-state index in [0.29, 0.717) is 5.56 Å². The van der Waals surface area contributed by atoms with Crippen LogP contribution in [0.5, 0.6) is 0 Å². The highest BCUT2D eigenvalue weighted by Gasteiger charge is 2.12. The van der Waals surface area contributed by atoms with Crippen molar-refractivity contribution in [3.8, 4) is 0 Å². The third-order valence-corrected chi connectivity index (χ3v) is 3.03. The van der Waals surface area contributed by atoms with E-state index >= 15 is 0 Å². The molecule has 0 aliphatic rings. The van der Waals surface area contributed by atoms with Gasteiger partial charge in [0.1, 0.15) is 0 Å². The molecule has 2 aromatic carbocycles. The molecule has 0 aromatic heterocycles. The predicted molar refractivity (Wildman–Crippen MR) is 73.1 cm³/mol. The zero-order chi connectivity index (χ0) is 14.5. The third kappa shape index (κ3) is 3.63. The van der Waals surface area contributed by atoms with Crippen LogP contribution in [0.2, 0.25) is 0 Å². The van der Waals surface area contributed by atoms with Gasteiger partial charge in [-0.15, -0.1) is 0 Å². The second-order valence-corrected chi connectivity index (χ2v) is 4.63. The lowest BCUT2D eigenvalue weighted by Gasteiger charge is -2.14. The first-order chi connectivity index (χ1) is 9.56. The van der Waals surface area contributed by atoms with Gasteiger partial charge in [-0.3, -0.25) is 4.79 Å². The molecule has 0 fully saturated rings. The Bertz CT molecular complexity index is 599. The van der Waals surface area contributed by atoms with E-state index in [-0.39, 0.29) is 18.4 Å². The molecular weight excluding hydrogens is 260 g/mol. The lowest BCUT2D eigenvalue weighted by atomic mass is 10.1. The molecule has 20 heavy (non-hydrogen) atoms. The van der Waals surface area contributed by atoms with Crippen LogP contribution in [0.3, 0.4) is 0 Å². The number of hydrogen-bond donors (Lipinski definition) is 1. The van der Waals surface area contributed by atoms with E-state index in [1.807, 2.05) is 30.3 Å². The number of carbonyl (C=O) groups is 1. The number of halogens is 2. The van der Waals surface area contributed by atoms with Crippen molar-refractivity contribution in [1.29, 1.82) is 0 Å². The van der Waals surface area contributed by atoms with E-state index in [1.165, 1.54) is 6.07 Å². The number of nitrogens with one attached hydrogen (secondary N) is 1. The molecule has 1 atom stereocenters. The van der Waals surface area contributed by atoms with E-state index in [9.17, 15) is 13.6 Å². The molecule has 1 unspecified atom stereocenters. The Kier molecular flexibility index (Phi) is 4.45. The lowest BCUT2D eigenvalue weighted by Crippen LogP contribution is -2.28. The molecule has 0 saturated heterocycles. The van der Waals surface area contributed by atoms with Crippen LogP contribution in [0.25, 0.3) is 0 Å². The topological polar surface area (TPSA) is 29.1 Å². The fourth-order valence-electron chi connectivity index (χ4n) is 1.94. The monoisotopic (exact) mass is 275 g/mol. The summed E-state index contributed by atoms with van der Waals surface area (Å²) in [7, 11) is 0. The fourth-order valence-corrected chi connectivity index (χ4v) is 1.94. The molecule has 0 aliphatic heterocycles. The minimum absolute atomic E-state index is 0.159. The summed E-state index contributed by atoms with van der Waals surface area (Å²) in [6.07, 6.45) is 0.259. The van der Waals surface area contributed by atoms with E-state index < -0.39 is 11.6 Å². The largest absolute Gasteiger partial charge is 0.349 e. The van der Waals surface area contributed by atoms with Gasteiger partial charge < -0.3 is 5.32 Å². The van der Waals surface area contributed by atoms with Crippen molar-refractivity contribution < 1.29 is 13.6 Å². The number of benzene rings is 2. The minimum Gasteiger partial charge on any atom is -0.349 e. The molecule has 0 saturated carbocycles. The van der Waals surface area contributed by atoms with Crippen LogP contribution in [0.1, 0.15) is 24.1 Å². The van der Waals surface area contributed by atoms with E-state index in [4.69, 9.17) is 0 Å². The fraction of sp³-hybridized carbons (Fsp3) is 0.188. The van der Waals surface area contributed by atoms with Crippen molar-refractivity contribution in [3.63, 3.8) is 0 Å². The highest BCUT2D eigenvalue weighted by atomic mass is 19.2. The highest BCUT2D eigenvalue weighted by Crippen LogP contribution is 2.16. The Hall–Kier alpha value is -2.23. The third-order valence-electron chi connectivity index (χ3n) is 3.03. The second-order valence-electron chi connectivity index (χ2n) is 4.63. The van der Waals surface area contributed by atoms with Crippen LogP contribution in [-0.2, 0) is 11.2 Å². The first kappa shape index (κ1) is 14.2. The van der Waals surface area contributed by atoms with Crippen molar-refractivity contribution in [2.75, 3.05) is 0 Å². The summed E-state index contributed by atoms with van der Waals surface area (Å²) in [4.78, 5) is 11.9. The molecule has 1 amide bonds. The standard InChI is InChI=1S/C16H15F2NO/c1-11(13-7-8-14(17)15(18)10-13)19-16(20)9-12-5-3-2-4-6-12/h2-8,10-11H,9H2,1H3,(H,19,20). The quantitative estimate of drug-likeness (QED) is 0.910. The number of rotatable bonds is 4. The summed E-state index contributed by atoms with van der Waals surface area (Å²) < 4.78 is 26.0. The normalized spacial score (nSPS) is 11.9. The molecule has 0 spiro atoms. The molecule has 4 heteroatoms. The summed E-state index contributed by atoms with van der Waals surface area (Å²) in [6.45, 7) is 1.73. The van der Waals surface area contributed by atoms with Gasteiger partial charge in [0.05, 0.1) is 12.5 Å². The molecule has 104 valence electrons. The molecule has 2 aromatic rings. The number of carbonyl (C=O) groups excluding carboxylic acids is 1. The van der Waals surface area contributed by atoms with Gasteiger partial charge in [0.15, 0.2) is 11.6 Å². The Labute approximate surface area is 116 Å². The number of hydrogen-bond acceptors (Lipinski definition) is 1. The summed E-state index contributed by atoms with van der Waals surface area (Å²) in [5.41, 5.74) is 1.44. The first-order valence-corrected chi connectivity index (χ1v) is 6.34. The summed E-state index contributed by atoms with van der Waals surface area (Å²) in [5, 5.41) is 2.76. The average Bonchev–Trinajstić information content (AvgIpc) is 2.42. The molecule has 0 bridgehead atoms. The lowest BCUT2D eigenvalue weighted by molar-refractivity contribution is -0.121. The van der Waals surface area contributed by atoms with Gasteiger partial charge in [0.2, 0.25) is 5.91 Å². The molecule has 2 nitrogen and oxygen atoms in total. The van der Waals surface area contributed by atoms with E-state index in [0.717, 1.165) is 17.7 Å². The Morgan fingerprint density at radius 1 is 1.10 bits per heavy atom. The predicted octanol–water partition coefficient (Wildman–Crippen LogP) is 3.38. The zero-order valence-electron chi connectivity index (χ0n) is 11.1. The van der Waals surface area contributed by atoms with Gasteiger partial charge in [-0.2, -0.15) is 0 Å². The maximum Gasteiger partial charge on any atom is 0.224 e.